The first kappa shape index (κ1) is 17.8. The molecule has 0 aromatic heterocycles. The van der Waals surface area contributed by atoms with E-state index in [0.717, 1.165) is 71.9 Å². The van der Waals surface area contributed by atoms with Crippen LogP contribution in [-0.4, -0.2) is 92.0 Å². The van der Waals surface area contributed by atoms with Gasteiger partial charge in [0.05, 0.1) is 12.7 Å². The van der Waals surface area contributed by atoms with E-state index in [2.05, 4.69) is 39.0 Å². The number of piperazine rings is 1. The molecule has 0 bridgehead atoms. The summed E-state index contributed by atoms with van der Waals surface area (Å²) in [4.78, 5) is 7.22. The first-order valence-electron chi connectivity index (χ1n) is 9.15. The van der Waals surface area contributed by atoms with Gasteiger partial charge in [0.2, 0.25) is 0 Å². The number of nitrogens with zero attached hydrogens (tertiary/aromatic N) is 3. The standard InChI is InChI=1S/C19H31N3O2/c1-24-13-12-20-8-10-21(11-9-20)15-19(23)16-22-7-6-17-4-2-3-5-18(17)14-22/h2-5,19,23H,6-16H2,1H3/t19-/m1/s1. The fourth-order valence-corrected chi connectivity index (χ4v) is 3.78. The van der Waals surface area contributed by atoms with Crippen molar-refractivity contribution in [2.45, 2.75) is 19.1 Å². The fraction of sp³-hybridized carbons (Fsp3) is 0.684. The topological polar surface area (TPSA) is 39.2 Å². The summed E-state index contributed by atoms with van der Waals surface area (Å²) in [5.74, 6) is 0. The molecule has 1 atom stereocenters. The molecule has 1 saturated heterocycles. The number of rotatable bonds is 7. The van der Waals surface area contributed by atoms with Crippen molar-refractivity contribution in [3.8, 4) is 0 Å². The lowest BCUT2D eigenvalue weighted by atomic mass is 10.00. The van der Waals surface area contributed by atoms with Crippen molar-refractivity contribution >= 4 is 0 Å². The minimum absolute atomic E-state index is 0.263. The highest BCUT2D eigenvalue weighted by Gasteiger charge is 2.22. The van der Waals surface area contributed by atoms with Gasteiger partial charge in [-0.15, -0.1) is 0 Å². The quantitative estimate of drug-likeness (QED) is 0.794. The van der Waals surface area contributed by atoms with Gasteiger partial charge >= 0.3 is 0 Å². The molecule has 2 aliphatic heterocycles. The van der Waals surface area contributed by atoms with Gasteiger partial charge < -0.3 is 9.84 Å². The second-order valence-electron chi connectivity index (χ2n) is 7.04. The number of hydrogen-bond donors (Lipinski definition) is 1. The Labute approximate surface area is 145 Å². The normalized spacial score (nSPS) is 21.6. The number of methoxy groups -OCH3 is 1. The Kier molecular flexibility index (Phi) is 6.63. The van der Waals surface area contributed by atoms with Crippen LogP contribution in [0.4, 0.5) is 0 Å². The Balaban J connectivity index is 1.38. The van der Waals surface area contributed by atoms with Crippen molar-refractivity contribution in [3.63, 3.8) is 0 Å². The summed E-state index contributed by atoms with van der Waals surface area (Å²) < 4.78 is 5.14. The van der Waals surface area contributed by atoms with Crippen molar-refractivity contribution in [1.82, 2.24) is 14.7 Å². The lowest BCUT2D eigenvalue weighted by Gasteiger charge is -2.36. The van der Waals surface area contributed by atoms with E-state index in [1.54, 1.807) is 7.11 Å². The van der Waals surface area contributed by atoms with E-state index < -0.39 is 0 Å². The summed E-state index contributed by atoms with van der Waals surface area (Å²) in [7, 11) is 1.76. The molecule has 134 valence electrons. The predicted molar refractivity (Wildman–Crippen MR) is 96.2 cm³/mol. The summed E-state index contributed by atoms with van der Waals surface area (Å²) in [6.45, 7) is 9.65. The number of aliphatic hydroxyl groups is 1. The molecule has 5 nitrogen and oxygen atoms in total. The average molecular weight is 333 g/mol. The minimum atomic E-state index is -0.263. The molecule has 24 heavy (non-hydrogen) atoms. The van der Waals surface area contributed by atoms with E-state index in [1.165, 1.54) is 11.1 Å². The molecule has 0 amide bonds. The van der Waals surface area contributed by atoms with Gasteiger partial charge in [0, 0.05) is 66.0 Å². The van der Waals surface area contributed by atoms with Crippen LogP contribution in [0.2, 0.25) is 0 Å². The van der Waals surface area contributed by atoms with Crippen LogP contribution in [0.5, 0.6) is 0 Å². The van der Waals surface area contributed by atoms with Gasteiger partial charge in [0.1, 0.15) is 0 Å². The van der Waals surface area contributed by atoms with Crippen LogP contribution in [0.25, 0.3) is 0 Å². The molecular weight excluding hydrogens is 302 g/mol. The highest BCUT2D eigenvalue weighted by molar-refractivity contribution is 5.29. The van der Waals surface area contributed by atoms with Crippen LogP contribution in [0.1, 0.15) is 11.1 Å². The zero-order valence-electron chi connectivity index (χ0n) is 14.9. The van der Waals surface area contributed by atoms with Crippen molar-refractivity contribution in [3.05, 3.63) is 35.4 Å². The number of ether oxygens (including phenoxy) is 1. The molecule has 5 heteroatoms. The van der Waals surface area contributed by atoms with Crippen LogP contribution in [0.15, 0.2) is 24.3 Å². The third-order valence-corrected chi connectivity index (χ3v) is 5.22. The molecule has 0 unspecified atom stereocenters. The number of fused-ring (bicyclic) bond motifs is 1. The number of β-amino-alcohol motifs (C(OH)–C–C–N with tert-alkyl or cyclic N) is 1. The SMILES string of the molecule is COCCN1CCN(C[C@@H](O)CN2CCc3ccccc3C2)CC1. The third-order valence-electron chi connectivity index (χ3n) is 5.22. The van der Waals surface area contributed by atoms with Crippen LogP contribution in [-0.2, 0) is 17.7 Å². The monoisotopic (exact) mass is 333 g/mol. The van der Waals surface area contributed by atoms with Crippen LogP contribution < -0.4 is 0 Å². The molecular formula is C19H31N3O2. The van der Waals surface area contributed by atoms with Gasteiger partial charge in [-0.25, -0.2) is 0 Å². The smallest absolute Gasteiger partial charge is 0.0793 e. The van der Waals surface area contributed by atoms with Crippen molar-refractivity contribution in [2.75, 3.05) is 66.1 Å². The molecule has 1 fully saturated rings. The maximum atomic E-state index is 10.5. The predicted octanol–water partition coefficient (Wildman–Crippen LogP) is 0.670. The zero-order chi connectivity index (χ0) is 16.8. The van der Waals surface area contributed by atoms with E-state index in [-0.39, 0.29) is 6.10 Å². The summed E-state index contributed by atoms with van der Waals surface area (Å²) in [6.07, 6.45) is 0.835. The lowest BCUT2D eigenvalue weighted by molar-refractivity contribution is 0.0419. The molecule has 3 rings (SSSR count). The van der Waals surface area contributed by atoms with Gasteiger partial charge in [0.15, 0.2) is 0 Å². The highest BCUT2D eigenvalue weighted by atomic mass is 16.5. The second kappa shape index (κ2) is 8.92. The van der Waals surface area contributed by atoms with E-state index in [0.29, 0.717) is 0 Å². The van der Waals surface area contributed by atoms with Gasteiger partial charge in [-0.2, -0.15) is 0 Å². The number of aliphatic hydroxyl groups excluding tert-OH is 1. The maximum Gasteiger partial charge on any atom is 0.0793 e. The van der Waals surface area contributed by atoms with Gasteiger partial charge in [-0.3, -0.25) is 14.7 Å². The average Bonchev–Trinajstić information content (AvgIpc) is 2.61. The van der Waals surface area contributed by atoms with E-state index in [1.807, 2.05) is 0 Å². The van der Waals surface area contributed by atoms with Crippen LogP contribution >= 0.6 is 0 Å². The molecule has 0 aliphatic carbocycles. The minimum Gasteiger partial charge on any atom is -0.390 e. The Hall–Kier alpha value is -0.980. The molecule has 1 aromatic rings. The molecule has 2 heterocycles. The summed E-state index contributed by atoms with van der Waals surface area (Å²) in [5, 5.41) is 10.5. The largest absolute Gasteiger partial charge is 0.390 e. The second-order valence-corrected chi connectivity index (χ2v) is 7.04. The first-order valence-corrected chi connectivity index (χ1v) is 9.15. The Bertz CT molecular complexity index is 503. The van der Waals surface area contributed by atoms with Crippen LogP contribution in [0, 0.1) is 0 Å². The third kappa shape index (κ3) is 5.01. The van der Waals surface area contributed by atoms with Crippen molar-refractivity contribution in [2.24, 2.45) is 0 Å². The van der Waals surface area contributed by atoms with Crippen molar-refractivity contribution in [1.29, 1.82) is 0 Å². The molecule has 2 aliphatic rings. The summed E-state index contributed by atoms with van der Waals surface area (Å²) in [6, 6.07) is 8.68. The van der Waals surface area contributed by atoms with E-state index in [9.17, 15) is 5.11 Å². The van der Waals surface area contributed by atoms with Crippen LogP contribution in [0.3, 0.4) is 0 Å². The molecule has 0 radical (unpaired) electrons. The summed E-state index contributed by atoms with van der Waals surface area (Å²) >= 11 is 0. The lowest BCUT2D eigenvalue weighted by Crippen LogP contribution is -2.50. The van der Waals surface area contributed by atoms with Crippen molar-refractivity contribution < 1.29 is 9.84 Å². The Morgan fingerprint density at radius 1 is 0.958 bits per heavy atom. The highest BCUT2D eigenvalue weighted by Crippen LogP contribution is 2.18. The van der Waals surface area contributed by atoms with E-state index >= 15 is 0 Å². The Morgan fingerprint density at radius 2 is 1.62 bits per heavy atom. The number of hydrogen-bond acceptors (Lipinski definition) is 5. The Morgan fingerprint density at radius 3 is 2.38 bits per heavy atom. The summed E-state index contributed by atoms with van der Waals surface area (Å²) in [5.41, 5.74) is 2.89. The molecule has 1 N–H and O–H groups in total. The van der Waals surface area contributed by atoms with E-state index in [4.69, 9.17) is 4.74 Å². The van der Waals surface area contributed by atoms with Gasteiger partial charge in [-0.1, -0.05) is 24.3 Å². The zero-order valence-corrected chi connectivity index (χ0v) is 14.9. The van der Waals surface area contributed by atoms with Gasteiger partial charge in [0.25, 0.3) is 0 Å². The maximum absolute atomic E-state index is 10.5. The fourth-order valence-electron chi connectivity index (χ4n) is 3.78. The molecule has 0 spiro atoms. The van der Waals surface area contributed by atoms with Gasteiger partial charge in [-0.05, 0) is 17.5 Å². The molecule has 0 saturated carbocycles. The molecule has 1 aromatic carbocycles. The number of benzene rings is 1. The first-order chi connectivity index (χ1) is 11.7.